The lowest BCUT2D eigenvalue weighted by Crippen LogP contribution is -2.21. The summed E-state index contributed by atoms with van der Waals surface area (Å²) in [6.07, 6.45) is 8.35. The predicted octanol–water partition coefficient (Wildman–Crippen LogP) is 4.39. The molecule has 1 aliphatic carbocycles. The highest BCUT2D eigenvalue weighted by Crippen LogP contribution is 2.25. The summed E-state index contributed by atoms with van der Waals surface area (Å²) in [4.78, 5) is 0. The van der Waals surface area contributed by atoms with Gasteiger partial charge in [-0.2, -0.15) is 0 Å². The lowest BCUT2D eigenvalue weighted by molar-refractivity contribution is 0.0140. The molecule has 15 heavy (non-hydrogen) atoms. The van der Waals surface area contributed by atoms with Crippen molar-refractivity contribution in [2.45, 2.75) is 58.5 Å². The topological polar surface area (TPSA) is 9.23 Å². The van der Waals surface area contributed by atoms with Gasteiger partial charge < -0.3 is 4.74 Å². The molecule has 1 nitrogen and oxygen atoms in total. The van der Waals surface area contributed by atoms with Gasteiger partial charge in [0.05, 0.1) is 6.10 Å². The first-order valence-corrected chi connectivity index (χ1v) is 7.52. The summed E-state index contributed by atoms with van der Waals surface area (Å²) < 4.78 is 5.93. The highest BCUT2D eigenvalue weighted by atomic mass is 79.9. The Morgan fingerprint density at radius 2 is 1.87 bits per heavy atom. The minimum absolute atomic E-state index is 0.567. The molecular weight excluding hydrogens is 252 g/mol. The Balaban J connectivity index is 2.00. The second-order valence-corrected chi connectivity index (χ2v) is 5.92. The molecule has 0 saturated heterocycles. The van der Waals surface area contributed by atoms with Crippen LogP contribution in [0.25, 0.3) is 0 Å². The van der Waals surface area contributed by atoms with Gasteiger partial charge in [-0.05, 0) is 50.4 Å². The molecule has 0 N–H and O–H groups in total. The molecule has 0 heterocycles. The van der Waals surface area contributed by atoms with Crippen molar-refractivity contribution >= 4 is 15.9 Å². The van der Waals surface area contributed by atoms with E-state index in [9.17, 15) is 0 Å². The average Bonchev–Trinajstić information content (AvgIpc) is 2.21. The zero-order valence-electron chi connectivity index (χ0n) is 10.2. The molecule has 0 aromatic rings. The van der Waals surface area contributed by atoms with Gasteiger partial charge in [0, 0.05) is 11.9 Å². The first-order chi connectivity index (χ1) is 7.22. The largest absolute Gasteiger partial charge is 0.378 e. The Kier molecular flexibility index (Phi) is 6.91. The van der Waals surface area contributed by atoms with Gasteiger partial charge >= 0.3 is 0 Å². The fourth-order valence-electron chi connectivity index (χ4n) is 2.16. The van der Waals surface area contributed by atoms with Crippen LogP contribution in [0.15, 0.2) is 0 Å². The van der Waals surface area contributed by atoms with Crippen molar-refractivity contribution in [2.24, 2.45) is 11.8 Å². The minimum atomic E-state index is 0.567. The molecule has 1 aliphatic rings. The number of ether oxygens (including phenoxy) is 1. The molecule has 1 unspecified atom stereocenters. The molecular formula is C13H25BrO. The lowest BCUT2D eigenvalue weighted by atomic mass is 9.89. The van der Waals surface area contributed by atoms with Crippen LogP contribution in [0.4, 0.5) is 0 Å². The van der Waals surface area contributed by atoms with Crippen molar-refractivity contribution < 1.29 is 4.74 Å². The average molecular weight is 277 g/mol. The van der Waals surface area contributed by atoms with Crippen LogP contribution in [0.3, 0.4) is 0 Å². The summed E-state index contributed by atoms with van der Waals surface area (Å²) in [6.45, 7) is 5.63. The van der Waals surface area contributed by atoms with Gasteiger partial charge in [0.15, 0.2) is 0 Å². The third kappa shape index (κ3) is 5.91. The van der Waals surface area contributed by atoms with Crippen LogP contribution in [0.5, 0.6) is 0 Å². The number of hydrogen-bond donors (Lipinski definition) is 0. The van der Waals surface area contributed by atoms with Gasteiger partial charge in [0.25, 0.3) is 0 Å². The summed E-state index contributed by atoms with van der Waals surface area (Å²) in [5.74, 6) is 1.73. The standard InChI is InChI=1S/C13H25BrO/c1-11-3-5-13(6-4-11)15-10-8-12(2)7-9-14/h11-13H,3-10H2,1-2H3. The maximum atomic E-state index is 5.93. The van der Waals surface area contributed by atoms with Crippen molar-refractivity contribution in [2.75, 3.05) is 11.9 Å². The molecule has 2 heteroatoms. The van der Waals surface area contributed by atoms with Crippen molar-refractivity contribution in [1.82, 2.24) is 0 Å². The van der Waals surface area contributed by atoms with Crippen LogP contribution in [-0.2, 0) is 4.74 Å². The van der Waals surface area contributed by atoms with Gasteiger partial charge in [-0.1, -0.05) is 29.8 Å². The minimum Gasteiger partial charge on any atom is -0.378 e. The Hall–Kier alpha value is 0.440. The quantitative estimate of drug-likeness (QED) is 0.654. The van der Waals surface area contributed by atoms with Gasteiger partial charge in [-0.3, -0.25) is 0 Å². The van der Waals surface area contributed by atoms with E-state index in [1.165, 1.54) is 38.5 Å². The van der Waals surface area contributed by atoms with E-state index >= 15 is 0 Å². The maximum Gasteiger partial charge on any atom is 0.0575 e. The van der Waals surface area contributed by atoms with E-state index in [-0.39, 0.29) is 0 Å². The molecule has 0 spiro atoms. The van der Waals surface area contributed by atoms with Crippen LogP contribution in [0.2, 0.25) is 0 Å². The van der Waals surface area contributed by atoms with E-state index in [1.807, 2.05) is 0 Å². The normalized spacial score (nSPS) is 29.0. The van der Waals surface area contributed by atoms with E-state index in [0.29, 0.717) is 6.10 Å². The first kappa shape index (κ1) is 13.5. The van der Waals surface area contributed by atoms with E-state index < -0.39 is 0 Å². The van der Waals surface area contributed by atoms with Gasteiger partial charge in [-0.15, -0.1) is 0 Å². The second kappa shape index (κ2) is 7.67. The van der Waals surface area contributed by atoms with Crippen molar-refractivity contribution in [3.63, 3.8) is 0 Å². The van der Waals surface area contributed by atoms with Crippen molar-refractivity contribution in [1.29, 1.82) is 0 Å². The van der Waals surface area contributed by atoms with E-state index in [0.717, 1.165) is 23.8 Å². The lowest BCUT2D eigenvalue weighted by Gasteiger charge is -2.26. The molecule has 0 bridgehead atoms. The highest BCUT2D eigenvalue weighted by molar-refractivity contribution is 9.09. The van der Waals surface area contributed by atoms with Crippen LogP contribution < -0.4 is 0 Å². The highest BCUT2D eigenvalue weighted by Gasteiger charge is 2.18. The summed E-state index contributed by atoms with van der Waals surface area (Å²) in [7, 11) is 0. The fourth-order valence-corrected chi connectivity index (χ4v) is 2.94. The van der Waals surface area contributed by atoms with Gasteiger partial charge in [0.1, 0.15) is 0 Å². The molecule has 1 fully saturated rings. The van der Waals surface area contributed by atoms with E-state index in [2.05, 4.69) is 29.8 Å². The SMILES string of the molecule is CC(CCBr)CCOC1CCC(C)CC1. The molecule has 1 atom stereocenters. The Labute approximate surface area is 103 Å². The molecule has 1 saturated carbocycles. The summed E-state index contributed by atoms with van der Waals surface area (Å²) in [6, 6.07) is 0. The number of alkyl halides is 1. The monoisotopic (exact) mass is 276 g/mol. The number of hydrogen-bond acceptors (Lipinski definition) is 1. The van der Waals surface area contributed by atoms with Crippen LogP contribution >= 0.6 is 15.9 Å². The van der Waals surface area contributed by atoms with E-state index in [4.69, 9.17) is 4.74 Å². The Morgan fingerprint density at radius 3 is 2.47 bits per heavy atom. The zero-order valence-corrected chi connectivity index (χ0v) is 11.8. The summed E-state index contributed by atoms with van der Waals surface area (Å²) >= 11 is 3.48. The van der Waals surface area contributed by atoms with Gasteiger partial charge in [-0.25, -0.2) is 0 Å². The van der Waals surface area contributed by atoms with Crippen LogP contribution in [-0.4, -0.2) is 18.0 Å². The fraction of sp³-hybridized carbons (Fsp3) is 1.00. The smallest absolute Gasteiger partial charge is 0.0575 e. The molecule has 0 amide bonds. The van der Waals surface area contributed by atoms with Gasteiger partial charge in [0.2, 0.25) is 0 Å². The molecule has 0 radical (unpaired) electrons. The van der Waals surface area contributed by atoms with Crippen LogP contribution in [0.1, 0.15) is 52.4 Å². The van der Waals surface area contributed by atoms with E-state index in [1.54, 1.807) is 0 Å². The first-order valence-electron chi connectivity index (χ1n) is 6.40. The molecule has 0 aromatic heterocycles. The Bertz CT molecular complexity index is 153. The zero-order chi connectivity index (χ0) is 11.1. The third-order valence-electron chi connectivity index (χ3n) is 3.53. The van der Waals surface area contributed by atoms with Crippen molar-refractivity contribution in [3.05, 3.63) is 0 Å². The number of halogens is 1. The predicted molar refractivity (Wildman–Crippen MR) is 69.6 cm³/mol. The van der Waals surface area contributed by atoms with Crippen molar-refractivity contribution in [3.8, 4) is 0 Å². The number of rotatable bonds is 6. The third-order valence-corrected chi connectivity index (χ3v) is 3.99. The molecule has 90 valence electrons. The van der Waals surface area contributed by atoms with Crippen LogP contribution in [0, 0.1) is 11.8 Å². The molecule has 0 aromatic carbocycles. The molecule has 0 aliphatic heterocycles. The second-order valence-electron chi connectivity index (χ2n) is 5.12. The molecule has 1 rings (SSSR count). The Morgan fingerprint density at radius 1 is 1.20 bits per heavy atom. The summed E-state index contributed by atoms with van der Waals surface area (Å²) in [5.41, 5.74) is 0. The summed E-state index contributed by atoms with van der Waals surface area (Å²) in [5, 5.41) is 1.12. The maximum absolute atomic E-state index is 5.93.